The van der Waals surface area contributed by atoms with Gasteiger partial charge in [-0.05, 0) is 25.3 Å². The van der Waals surface area contributed by atoms with Gasteiger partial charge in [0.05, 0.1) is 25.9 Å². The Morgan fingerprint density at radius 3 is 2.35 bits per heavy atom. The smallest absolute Gasteiger partial charge is 0.408 e. The molecule has 12 heteroatoms. The lowest BCUT2D eigenvalue weighted by molar-refractivity contribution is -0.123. The fraction of sp³-hybridized carbons (Fsp3) is 0.600. The van der Waals surface area contributed by atoms with E-state index in [1.165, 1.54) is 0 Å². The molecule has 4 N–H and O–H groups in total. The van der Waals surface area contributed by atoms with Gasteiger partial charge in [-0.1, -0.05) is 30.3 Å². The van der Waals surface area contributed by atoms with Crippen molar-refractivity contribution in [2.24, 2.45) is 16.0 Å². The molecule has 1 aliphatic rings. The average molecular weight is 520 g/mol. The first-order valence-corrected chi connectivity index (χ1v) is 12.4. The summed E-state index contributed by atoms with van der Waals surface area (Å²) in [5.74, 6) is -0.845. The second-order valence-electron chi connectivity index (χ2n) is 8.83. The van der Waals surface area contributed by atoms with Crippen LogP contribution in [0.4, 0.5) is 4.79 Å². The number of benzene rings is 1. The van der Waals surface area contributed by atoms with E-state index in [2.05, 4.69) is 20.9 Å². The van der Waals surface area contributed by atoms with Gasteiger partial charge in [0.25, 0.3) is 0 Å². The van der Waals surface area contributed by atoms with Gasteiger partial charge in [0.2, 0.25) is 11.8 Å². The number of primary amides is 1. The van der Waals surface area contributed by atoms with Gasteiger partial charge in [-0.15, -0.1) is 0 Å². The molecular weight excluding hydrogens is 482 g/mol. The van der Waals surface area contributed by atoms with Crippen LogP contribution in [0.1, 0.15) is 51.0 Å². The maximum absolute atomic E-state index is 12.6. The largest absolute Gasteiger partial charge is 0.445 e. The first kappa shape index (κ1) is 29.8. The molecule has 1 atom stereocenters. The molecule has 1 heterocycles. The monoisotopic (exact) mass is 519 g/mol. The molecule has 0 fully saturated rings. The number of ether oxygens (including phenoxy) is 3. The first-order valence-electron chi connectivity index (χ1n) is 12.4. The Morgan fingerprint density at radius 2 is 1.68 bits per heavy atom. The number of Topliss-reactive ketones (excluding diaryl/α,β-unsaturated/α-hetero) is 1. The minimum Gasteiger partial charge on any atom is -0.445 e. The molecule has 204 valence electrons. The van der Waals surface area contributed by atoms with Crippen molar-refractivity contribution in [3.8, 4) is 0 Å². The van der Waals surface area contributed by atoms with Crippen molar-refractivity contribution in [2.75, 3.05) is 33.0 Å². The van der Waals surface area contributed by atoms with Crippen LogP contribution in [-0.2, 0) is 35.2 Å². The quantitative estimate of drug-likeness (QED) is 0.221. The van der Waals surface area contributed by atoms with E-state index < -0.39 is 18.0 Å². The summed E-state index contributed by atoms with van der Waals surface area (Å²) in [6, 6.07) is 8.28. The van der Waals surface area contributed by atoms with Crippen molar-refractivity contribution in [3.05, 3.63) is 35.9 Å². The highest BCUT2D eigenvalue weighted by atomic mass is 16.5. The van der Waals surface area contributed by atoms with Crippen molar-refractivity contribution in [2.45, 2.75) is 63.8 Å². The summed E-state index contributed by atoms with van der Waals surface area (Å²) in [6.45, 7) is 3.76. The van der Waals surface area contributed by atoms with Gasteiger partial charge >= 0.3 is 6.09 Å². The molecule has 0 radical (unpaired) electrons. The third-order valence-electron chi connectivity index (χ3n) is 5.49. The molecule has 1 unspecified atom stereocenters. The zero-order chi connectivity index (χ0) is 26.9. The van der Waals surface area contributed by atoms with Crippen LogP contribution in [0.5, 0.6) is 0 Å². The molecule has 37 heavy (non-hydrogen) atoms. The van der Waals surface area contributed by atoms with Crippen molar-refractivity contribution in [1.29, 1.82) is 0 Å². The second-order valence-corrected chi connectivity index (χ2v) is 8.83. The molecule has 1 aliphatic heterocycles. The zero-order valence-corrected chi connectivity index (χ0v) is 21.3. The Labute approximate surface area is 216 Å². The molecule has 2 rings (SSSR count). The van der Waals surface area contributed by atoms with E-state index in [9.17, 15) is 19.2 Å². The predicted octanol–water partition coefficient (Wildman–Crippen LogP) is 2.01. The molecule has 0 saturated heterocycles. The lowest BCUT2D eigenvalue weighted by Gasteiger charge is -2.17. The number of nitrogens with two attached hydrogens (primary N) is 1. The average Bonchev–Trinajstić information content (AvgIpc) is 3.62. The van der Waals surface area contributed by atoms with Crippen LogP contribution in [0, 0.1) is 0 Å². The van der Waals surface area contributed by atoms with Crippen LogP contribution in [0.15, 0.2) is 40.6 Å². The second kappa shape index (κ2) is 16.4. The van der Waals surface area contributed by atoms with Gasteiger partial charge in [-0.3, -0.25) is 14.4 Å². The van der Waals surface area contributed by atoms with Gasteiger partial charge in [-0.25, -0.2) is 4.79 Å². The number of carbonyl (C=O) groups excluding carboxylic acids is 4. The van der Waals surface area contributed by atoms with Crippen LogP contribution in [0.3, 0.4) is 0 Å². The zero-order valence-electron chi connectivity index (χ0n) is 21.3. The van der Waals surface area contributed by atoms with Gasteiger partial charge in [0.1, 0.15) is 6.61 Å². The van der Waals surface area contributed by atoms with Crippen LogP contribution < -0.4 is 16.4 Å². The fourth-order valence-electron chi connectivity index (χ4n) is 3.24. The molecule has 1 aromatic rings. The van der Waals surface area contributed by atoms with Crippen LogP contribution in [0.25, 0.3) is 0 Å². The lowest BCUT2D eigenvalue weighted by Crippen LogP contribution is -2.41. The Kier molecular flexibility index (Phi) is 13.2. The van der Waals surface area contributed by atoms with Gasteiger partial charge in [-0.2, -0.15) is 10.2 Å². The van der Waals surface area contributed by atoms with Gasteiger partial charge in [0.15, 0.2) is 11.4 Å². The molecule has 12 nitrogen and oxygen atoms in total. The van der Waals surface area contributed by atoms with E-state index in [0.29, 0.717) is 52.2 Å². The number of carbonyl (C=O) groups is 4. The normalized spacial score (nSPS) is 14.0. The van der Waals surface area contributed by atoms with E-state index in [4.69, 9.17) is 19.9 Å². The molecule has 1 aromatic carbocycles. The molecule has 0 aromatic heterocycles. The Balaban J connectivity index is 1.52. The van der Waals surface area contributed by atoms with Crippen molar-refractivity contribution in [3.63, 3.8) is 0 Å². The highest BCUT2D eigenvalue weighted by Crippen LogP contribution is 2.31. The van der Waals surface area contributed by atoms with Crippen molar-refractivity contribution >= 4 is 23.7 Å². The minimum atomic E-state index is -0.870. The number of ketones is 1. The highest BCUT2D eigenvalue weighted by molar-refractivity contribution is 5.88. The summed E-state index contributed by atoms with van der Waals surface area (Å²) in [6.07, 6.45) is 0.919. The molecule has 0 spiro atoms. The van der Waals surface area contributed by atoms with Crippen LogP contribution in [-0.4, -0.2) is 68.4 Å². The molecular formula is C25H37N5O7. The number of nitrogens with zero attached hydrogens (tertiary/aromatic N) is 2. The van der Waals surface area contributed by atoms with Crippen molar-refractivity contribution < 1.29 is 33.4 Å². The topological polar surface area (TPSA) is 171 Å². The summed E-state index contributed by atoms with van der Waals surface area (Å²) >= 11 is 0. The number of rotatable bonds is 20. The van der Waals surface area contributed by atoms with Gasteiger partial charge in [0, 0.05) is 38.8 Å². The highest BCUT2D eigenvalue weighted by Gasteiger charge is 2.33. The third-order valence-corrected chi connectivity index (χ3v) is 5.49. The molecule has 3 amide bonds. The first-order chi connectivity index (χ1) is 17.8. The summed E-state index contributed by atoms with van der Waals surface area (Å²) in [4.78, 5) is 47.6. The number of amides is 3. The van der Waals surface area contributed by atoms with E-state index in [0.717, 1.165) is 5.56 Å². The standard InChI is InChI=1S/C25H37N5O7/c1-25(29-30-25)12-11-23(33)27-13-15-36-17-16-35-14-5-8-21(31)20(9-10-22(26)32)28-24(34)37-18-19-6-3-2-4-7-19/h2-4,6-7,20H,5,8-18H2,1H3,(H2,26,32)(H,27,33)(H,28,34). The minimum absolute atomic E-state index is 0.0331. The SMILES string of the molecule is CC1(CCC(=O)NCCOCCOCCCC(=O)C(CCC(N)=O)NC(=O)OCc2ccccc2)N=N1. The summed E-state index contributed by atoms with van der Waals surface area (Å²) in [5.41, 5.74) is 5.64. The lowest BCUT2D eigenvalue weighted by atomic mass is 10.0. The fourth-order valence-corrected chi connectivity index (χ4v) is 3.24. The Bertz CT molecular complexity index is 904. The molecule has 0 bridgehead atoms. The summed E-state index contributed by atoms with van der Waals surface area (Å²) in [7, 11) is 0. The van der Waals surface area contributed by atoms with Crippen LogP contribution >= 0.6 is 0 Å². The predicted molar refractivity (Wildman–Crippen MR) is 133 cm³/mol. The molecule has 0 aliphatic carbocycles. The van der Waals surface area contributed by atoms with E-state index in [1.54, 1.807) is 0 Å². The Morgan fingerprint density at radius 1 is 0.973 bits per heavy atom. The number of alkyl carbamates (subject to hydrolysis) is 1. The third kappa shape index (κ3) is 14.1. The number of hydrogen-bond donors (Lipinski definition) is 3. The summed E-state index contributed by atoms with van der Waals surface area (Å²) < 4.78 is 16.0. The molecule has 0 saturated carbocycles. The maximum Gasteiger partial charge on any atom is 0.408 e. The van der Waals surface area contributed by atoms with Gasteiger partial charge < -0.3 is 30.6 Å². The maximum atomic E-state index is 12.6. The van der Waals surface area contributed by atoms with Crippen LogP contribution in [0.2, 0.25) is 0 Å². The van der Waals surface area contributed by atoms with E-state index >= 15 is 0 Å². The number of nitrogens with one attached hydrogen (secondary N) is 2. The summed E-state index contributed by atoms with van der Waals surface area (Å²) in [5, 5.41) is 13.0. The van der Waals surface area contributed by atoms with E-state index in [-0.39, 0.29) is 43.2 Å². The van der Waals surface area contributed by atoms with E-state index in [1.807, 2.05) is 37.3 Å². The van der Waals surface area contributed by atoms with Crippen molar-refractivity contribution in [1.82, 2.24) is 10.6 Å². The Hall–Kier alpha value is -3.38. The number of hydrogen-bond acceptors (Lipinski definition) is 9.